The lowest BCUT2D eigenvalue weighted by Crippen LogP contribution is -2.51. The van der Waals surface area contributed by atoms with E-state index in [2.05, 4.69) is 38.2 Å². The molecule has 12 nitrogen and oxygen atoms in total. The highest BCUT2D eigenvalue weighted by Crippen LogP contribution is 2.20. The molecule has 73 heavy (non-hydrogen) atoms. The summed E-state index contributed by atoms with van der Waals surface area (Å²) in [7, 11) is -5.17. The molecule has 6 N–H and O–H groups in total. The number of unbranched alkanes of at least 4 members (excludes halogenated alkanes) is 30. The summed E-state index contributed by atoms with van der Waals surface area (Å²) in [5.41, 5.74) is 0. The second-order valence-corrected chi connectivity index (χ2v) is 22.2. The van der Waals surface area contributed by atoms with Crippen molar-refractivity contribution in [1.82, 2.24) is 0 Å². The zero-order chi connectivity index (χ0) is 54.5. The standard InChI is InChI=1S/2C30H62NO3.H2O4S/c2*1-2-3-4-5-6-7-8-9-10-11-12-13-14-15-16-17-24-31(25-18-21-28-32,26-19-22-29-33)27-20-23-30-34;1-5(2,3)4/h2*9-10,32-34H,2-8,11-30H2,1H3;(H2,1,2,3,4)/q2*+1;/p-2/b2*10-9-;. The minimum Gasteiger partial charge on any atom is -0.759 e. The fraction of sp³-hybridized carbons (Fsp3) is 0.933. The first-order chi connectivity index (χ1) is 35.5. The van der Waals surface area contributed by atoms with Gasteiger partial charge in [0.25, 0.3) is 0 Å². The average molecular weight is 1070 g/mol. The summed E-state index contributed by atoms with van der Waals surface area (Å²) in [5, 5.41) is 55.4. The maximum Gasteiger partial charge on any atom is 0.0787 e. The molecule has 0 amide bonds. The fourth-order valence-corrected chi connectivity index (χ4v) is 10.1. The van der Waals surface area contributed by atoms with Crippen LogP contribution in [-0.2, 0) is 10.4 Å². The predicted molar refractivity (Wildman–Crippen MR) is 307 cm³/mol. The van der Waals surface area contributed by atoms with Gasteiger partial charge in [0, 0.05) is 50.0 Å². The zero-order valence-electron chi connectivity index (χ0n) is 48.1. The minimum absolute atomic E-state index is 0.279. The average Bonchev–Trinajstić information content (AvgIpc) is 3.36. The van der Waals surface area contributed by atoms with E-state index < -0.39 is 10.4 Å². The van der Waals surface area contributed by atoms with Gasteiger partial charge < -0.3 is 48.7 Å². The molecule has 0 saturated heterocycles. The third kappa shape index (κ3) is 63.5. The number of nitrogens with zero attached hydrogens (tertiary/aromatic N) is 2. The summed E-state index contributed by atoms with van der Waals surface area (Å²) in [5.74, 6) is 0. The molecule has 0 rings (SSSR count). The van der Waals surface area contributed by atoms with Crippen LogP contribution in [0.25, 0.3) is 0 Å². The molecule has 0 fully saturated rings. The van der Waals surface area contributed by atoms with Gasteiger partial charge >= 0.3 is 0 Å². The number of rotatable bonds is 56. The molecule has 0 bridgehead atoms. The van der Waals surface area contributed by atoms with Crippen molar-refractivity contribution in [3.05, 3.63) is 24.3 Å². The fourth-order valence-electron chi connectivity index (χ4n) is 10.1. The molecule has 0 unspecified atom stereocenters. The smallest absolute Gasteiger partial charge is 0.0787 e. The Morgan fingerprint density at radius 2 is 0.425 bits per heavy atom. The summed E-state index contributed by atoms with van der Waals surface area (Å²) >= 11 is 0. The van der Waals surface area contributed by atoms with Gasteiger partial charge in [-0.05, 0) is 154 Å². The molecular formula is C60H124N2O10S. The molecule has 0 atom stereocenters. The maximum atomic E-state index is 9.24. The maximum absolute atomic E-state index is 9.24. The van der Waals surface area contributed by atoms with Crippen LogP contribution in [0.15, 0.2) is 24.3 Å². The van der Waals surface area contributed by atoms with Crippen LogP contribution in [0.5, 0.6) is 0 Å². The second-order valence-electron chi connectivity index (χ2n) is 21.3. The van der Waals surface area contributed by atoms with Crippen molar-refractivity contribution in [3.63, 3.8) is 0 Å². The van der Waals surface area contributed by atoms with Crippen molar-refractivity contribution in [3.8, 4) is 0 Å². The number of aliphatic hydroxyl groups excluding tert-OH is 6. The van der Waals surface area contributed by atoms with Crippen LogP contribution in [0, 0.1) is 0 Å². The zero-order valence-corrected chi connectivity index (χ0v) is 48.9. The van der Waals surface area contributed by atoms with E-state index in [1.807, 2.05) is 0 Å². The SMILES string of the molecule is CCCCCCCC/C=C\CCCCCCCC[N+](CCCCO)(CCCCO)CCCCO.CCCCCCCC/C=C\CCCCCCCC[N+](CCCCO)(CCCCO)CCCCO.O=S(=O)([O-])[O-]. The van der Waals surface area contributed by atoms with Crippen LogP contribution in [0.2, 0.25) is 0 Å². The van der Waals surface area contributed by atoms with Crippen LogP contribution in [0.3, 0.4) is 0 Å². The van der Waals surface area contributed by atoms with Gasteiger partial charge in [0.05, 0.1) is 52.4 Å². The van der Waals surface area contributed by atoms with Crippen LogP contribution in [0.4, 0.5) is 0 Å². The summed E-state index contributed by atoms with van der Waals surface area (Å²) in [6.07, 6.45) is 58.9. The normalized spacial score (nSPS) is 12.2. The van der Waals surface area contributed by atoms with E-state index in [1.54, 1.807) is 0 Å². The molecule has 0 radical (unpaired) electrons. The quantitative estimate of drug-likeness (QED) is 0.0112. The van der Waals surface area contributed by atoms with E-state index in [0.29, 0.717) is 0 Å². The third-order valence-corrected chi connectivity index (χ3v) is 14.5. The predicted octanol–water partition coefficient (Wildman–Crippen LogP) is 13.0. The first-order valence-electron chi connectivity index (χ1n) is 30.8. The molecule has 0 spiro atoms. The molecule has 0 aromatic heterocycles. The van der Waals surface area contributed by atoms with Gasteiger partial charge in [-0.1, -0.05) is 141 Å². The van der Waals surface area contributed by atoms with Gasteiger partial charge in [0.2, 0.25) is 0 Å². The lowest BCUT2D eigenvalue weighted by Gasteiger charge is -2.39. The number of aliphatic hydroxyl groups is 6. The van der Waals surface area contributed by atoms with E-state index in [0.717, 1.165) is 125 Å². The molecule has 0 aliphatic heterocycles. The molecular weight excluding hydrogens is 941 g/mol. The number of hydrogen-bond donors (Lipinski definition) is 6. The lowest BCUT2D eigenvalue weighted by molar-refractivity contribution is -0.929. The van der Waals surface area contributed by atoms with Crippen molar-refractivity contribution >= 4 is 10.4 Å². The largest absolute Gasteiger partial charge is 0.759 e. The van der Waals surface area contributed by atoms with Crippen LogP contribution >= 0.6 is 0 Å². The Kier molecular flexibility index (Phi) is 64.6. The van der Waals surface area contributed by atoms with Gasteiger partial charge in [-0.15, -0.1) is 0 Å². The summed E-state index contributed by atoms with van der Waals surface area (Å²) in [4.78, 5) is 0. The lowest BCUT2D eigenvalue weighted by atomic mass is 10.1. The van der Waals surface area contributed by atoms with Crippen LogP contribution in [-0.4, -0.2) is 149 Å². The van der Waals surface area contributed by atoms with E-state index in [-0.39, 0.29) is 39.6 Å². The topological polar surface area (TPSA) is 202 Å². The molecule has 13 heteroatoms. The van der Waals surface area contributed by atoms with Crippen molar-refractivity contribution in [2.24, 2.45) is 0 Å². The Hall–Kier alpha value is -0.970. The van der Waals surface area contributed by atoms with Crippen LogP contribution < -0.4 is 0 Å². The Labute approximate surface area is 452 Å². The molecule has 0 aromatic rings. The highest BCUT2D eigenvalue weighted by atomic mass is 32.3. The number of hydrogen-bond acceptors (Lipinski definition) is 10. The van der Waals surface area contributed by atoms with E-state index >= 15 is 0 Å². The first-order valence-corrected chi connectivity index (χ1v) is 32.1. The second kappa shape index (κ2) is 61.9. The van der Waals surface area contributed by atoms with E-state index in [4.69, 9.17) is 17.5 Å². The van der Waals surface area contributed by atoms with Crippen molar-refractivity contribution in [1.29, 1.82) is 0 Å². The van der Waals surface area contributed by atoms with Crippen molar-refractivity contribution < 1.29 is 57.1 Å². The van der Waals surface area contributed by atoms with Crippen LogP contribution in [0.1, 0.15) is 271 Å². The van der Waals surface area contributed by atoms with Crippen molar-refractivity contribution in [2.45, 2.75) is 271 Å². The molecule has 0 heterocycles. The van der Waals surface area contributed by atoms with Gasteiger partial charge in [0.1, 0.15) is 0 Å². The number of quaternary nitrogens is 2. The first kappa shape index (κ1) is 76.3. The summed E-state index contributed by atoms with van der Waals surface area (Å²) < 4.78 is 36.3. The third-order valence-electron chi connectivity index (χ3n) is 14.5. The van der Waals surface area contributed by atoms with Gasteiger partial charge in [-0.2, -0.15) is 0 Å². The Balaban J connectivity index is -0.00000123. The van der Waals surface area contributed by atoms with Gasteiger partial charge in [-0.25, -0.2) is 0 Å². The Morgan fingerprint density at radius 1 is 0.274 bits per heavy atom. The number of allylic oxidation sites excluding steroid dienone is 4. The monoisotopic (exact) mass is 1060 g/mol. The summed E-state index contributed by atoms with van der Waals surface area (Å²) in [6, 6.07) is 0. The highest BCUT2D eigenvalue weighted by Gasteiger charge is 2.27. The highest BCUT2D eigenvalue weighted by molar-refractivity contribution is 7.79. The molecule has 0 aromatic carbocycles. The van der Waals surface area contributed by atoms with Gasteiger partial charge in [0.15, 0.2) is 0 Å². The van der Waals surface area contributed by atoms with Crippen molar-refractivity contribution in [2.75, 3.05) is 92.0 Å². The Morgan fingerprint density at radius 3 is 0.603 bits per heavy atom. The molecule has 0 aliphatic carbocycles. The molecule has 440 valence electrons. The molecule has 0 aliphatic rings. The summed E-state index contributed by atoms with van der Waals surface area (Å²) in [6.45, 7) is 15.4. The Bertz CT molecular complexity index is 1070. The molecule has 0 saturated carbocycles. The van der Waals surface area contributed by atoms with Gasteiger partial charge in [-0.3, -0.25) is 8.42 Å². The van der Waals surface area contributed by atoms with E-state index in [1.165, 1.54) is 193 Å². The van der Waals surface area contributed by atoms with E-state index in [9.17, 15) is 30.6 Å². The minimum atomic E-state index is -5.17.